The first kappa shape index (κ1) is 26.9. The Bertz CT molecular complexity index is 2760. The van der Waals surface area contributed by atoms with Crippen molar-refractivity contribution in [2.75, 3.05) is 0 Å². The zero-order valence-corrected chi connectivity index (χ0v) is 26.3. The Morgan fingerprint density at radius 1 is 0.208 bits per heavy atom. The lowest BCUT2D eigenvalue weighted by atomic mass is 9.84. The summed E-state index contributed by atoms with van der Waals surface area (Å²) < 4.78 is 0. The fourth-order valence-electron chi connectivity index (χ4n) is 8.00. The topological polar surface area (TPSA) is 0 Å². The smallest absolute Gasteiger partial charge is 0.00203 e. The Kier molecular flexibility index (Phi) is 5.98. The first-order valence-corrected chi connectivity index (χ1v) is 16.7. The van der Waals surface area contributed by atoms with Crippen LogP contribution in [0.3, 0.4) is 0 Å². The second kappa shape index (κ2) is 10.7. The molecule has 0 aliphatic carbocycles. The van der Waals surface area contributed by atoms with Crippen molar-refractivity contribution in [3.05, 3.63) is 182 Å². The molecule has 0 aromatic heterocycles. The van der Waals surface area contributed by atoms with Gasteiger partial charge in [-0.25, -0.2) is 0 Å². The van der Waals surface area contributed by atoms with E-state index in [4.69, 9.17) is 0 Å². The zero-order chi connectivity index (χ0) is 31.6. The lowest BCUT2D eigenvalue weighted by molar-refractivity contribution is 1.62. The van der Waals surface area contributed by atoms with Crippen molar-refractivity contribution in [1.82, 2.24) is 0 Å². The molecular weight excluding hydrogens is 577 g/mol. The Hall–Kier alpha value is -6.24. The Morgan fingerprint density at radius 2 is 0.688 bits per heavy atom. The van der Waals surface area contributed by atoms with Crippen LogP contribution in [0.5, 0.6) is 0 Å². The second-order valence-corrected chi connectivity index (χ2v) is 12.8. The van der Waals surface area contributed by atoms with Gasteiger partial charge in [0.1, 0.15) is 0 Å². The average Bonchev–Trinajstić information content (AvgIpc) is 3.16. The van der Waals surface area contributed by atoms with Crippen molar-refractivity contribution in [1.29, 1.82) is 0 Å². The van der Waals surface area contributed by atoms with Gasteiger partial charge in [0, 0.05) is 0 Å². The molecule has 10 aromatic carbocycles. The lowest BCUT2D eigenvalue weighted by Crippen LogP contribution is -1.92. The van der Waals surface area contributed by atoms with Crippen LogP contribution in [0.25, 0.3) is 98.4 Å². The Morgan fingerprint density at radius 3 is 1.38 bits per heavy atom. The molecule has 0 fully saturated rings. The highest BCUT2D eigenvalue weighted by Gasteiger charge is 2.18. The van der Waals surface area contributed by atoms with E-state index >= 15 is 0 Å². The van der Waals surface area contributed by atoms with Crippen LogP contribution in [0.1, 0.15) is 0 Å². The Labute approximate surface area is 279 Å². The van der Waals surface area contributed by atoms with E-state index in [0.29, 0.717) is 0 Å². The van der Waals surface area contributed by atoms with E-state index in [2.05, 4.69) is 182 Å². The van der Waals surface area contributed by atoms with Crippen LogP contribution < -0.4 is 0 Å². The molecule has 0 heterocycles. The normalized spacial score (nSPS) is 11.8. The van der Waals surface area contributed by atoms with Crippen LogP contribution in [0, 0.1) is 0 Å². The first-order valence-electron chi connectivity index (χ1n) is 16.7. The number of benzene rings is 10. The minimum atomic E-state index is 1.23. The van der Waals surface area contributed by atoms with Gasteiger partial charge >= 0.3 is 0 Å². The third-order valence-corrected chi connectivity index (χ3v) is 10.2. The summed E-state index contributed by atoms with van der Waals surface area (Å²) in [6.45, 7) is 0. The third kappa shape index (κ3) is 4.10. The summed E-state index contributed by atoms with van der Waals surface area (Å²) in [4.78, 5) is 0. The fourth-order valence-corrected chi connectivity index (χ4v) is 8.00. The molecule has 0 bridgehead atoms. The molecule has 222 valence electrons. The van der Waals surface area contributed by atoms with Crippen molar-refractivity contribution in [2.45, 2.75) is 0 Å². The molecule has 0 N–H and O–H groups in total. The second-order valence-electron chi connectivity index (χ2n) is 12.8. The first-order chi connectivity index (χ1) is 23.8. The van der Waals surface area contributed by atoms with E-state index in [9.17, 15) is 0 Å². The number of rotatable bonds is 4. The highest BCUT2D eigenvalue weighted by atomic mass is 14.2. The van der Waals surface area contributed by atoms with Gasteiger partial charge in [0.25, 0.3) is 0 Å². The highest BCUT2D eigenvalue weighted by molar-refractivity contribution is 6.28. The number of fused-ring (bicyclic) bond motifs is 2. The molecule has 0 amide bonds. The van der Waals surface area contributed by atoms with Crippen molar-refractivity contribution in [2.24, 2.45) is 0 Å². The predicted octanol–water partition coefficient (Wildman–Crippen LogP) is 13.6. The van der Waals surface area contributed by atoms with E-state index in [0.717, 1.165) is 0 Å². The molecular formula is C48H30. The summed E-state index contributed by atoms with van der Waals surface area (Å²) in [6.07, 6.45) is 0. The maximum atomic E-state index is 2.34. The van der Waals surface area contributed by atoms with Gasteiger partial charge in [-0.05, 0) is 104 Å². The molecule has 10 aromatic rings. The van der Waals surface area contributed by atoms with Crippen molar-refractivity contribution < 1.29 is 0 Å². The molecule has 0 nitrogen and oxygen atoms in total. The van der Waals surface area contributed by atoms with Crippen LogP contribution in [0.4, 0.5) is 0 Å². The van der Waals surface area contributed by atoms with Crippen LogP contribution in [0.2, 0.25) is 0 Å². The minimum Gasteiger partial charge on any atom is -0.0622 e. The van der Waals surface area contributed by atoms with Crippen LogP contribution in [0.15, 0.2) is 182 Å². The van der Waals surface area contributed by atoms with Crippen molar-refractivity contribution in [3.8, 4) is 44.5 Å². The zero-order valence-electron chi connectivity index (χ0n) is 26.3. The van der Waals surface area contributed by atoms with E-state index in [1.54, 1.807) is 0 Å². The van der Waals surface area contributed by atoms with Gasteiger partial charge in [0.15, 0.2) is 0 Å². The van der Waals surface area contributed by atoms with Gasteiger partial charge in [-0.1, -0.05) is 176 Å². The average molecular weight is 607 g/mol. The molecule has 0 unspecified atom stereocenters. The van der Waals surface area contributed by atoms with Gasteiger partial charge in [-0.2, -0.15) is 0 Å². The van der Waals surface area contributed by atoms with Crippen molar-refractivity contribution >= 4 is 53.9 Å². The summed E-state index contributed by atoms with van der Waals surface area (Å²) in [5.74, 6) is 0. The third-order valence-electron chi connectivity index (χ3n) is 10.2. The Balaban J connectivity index is 1.25. The number of hydrogen-bond donors (Lipinski definition) is 0. The molecule has 0 saturated heterocycles. The van der Waals surface area contributed by atoms with Crippen molar-refractivity contribution in [3.63, 3.8) is 0 Å². The molecule has 10 rings (SSSR count). The van der Waals surface area contributed by atoms with Gasteiger partial charge in [0.2, 0.25) is 0 Å². The monoisotopic (exact) mass is 606 g/mol. The molecule has 0 spiro atoms. The molecule has 0 atom stereocenters. The van der Waals surface area contributed by atoms with E-state index < -0.39 is 0 Å². The quantitative estimate of drug-likeness (QED) is 0.175. The molecule has 0 heteroatoms. The highest BCUT2D eigenvalue weighted by Crippen LogP contribution is 2.46. The SMILES string of the molecule is c1ccc(-c2cccc3c(-c4ccc5ccc6c(-c7ccc8ccccc8c7)ccc7ccc4c5c76)ccc(-c4ccccc4)c23)cc1. The molecule has 48 heavy (non-hydrogen) atoms. The summed E-state index contributed by atoms with van der Waals surface area (Å²) in [6, 6.07) is 67.1. The van der Waals surface area contributed by atoms with E-state index in [1.165, 1.54) is 98.4 Å². The van der Waals surface area contributed by atoms with Gasteiger partial charge in [-0.3, -0.25) is 0 Å². The summed E-state index contributed by atoms with van der Waals surface area (Å²) in [5.41, 5.74) is 10.0. The maximum absolute atomic E-state index is 2.34. The molecule has 0 radical (unpaired) electrons. The van der Waals surface area contributed by atoms with Gasteiger partial charge in [0.05, 0.1) is 0 Å². The van der Waals surface area contributed by atoms with Crippen LogP contribution in [-0.4, -0.2) is 0 Å². The van der Waals surface area contributed by atoms with Gasteiger partial charge < -0.3 is 0 Å². The minimum absolute atomic E-state index is 1.23. The standard InChI is InChI=1S/C48H30/c1-3-11-32(12-4-1)39-16-9-17-43-42(29-28-40(48(39)43)33-13-5-2-6-14-33)41-25-21-35-22-26-44-38(24-20-34-23-27-45(41)47(35)46(34)44)37-19-18-31-10-7-8-15-36(31)30-37/h1-30H. The van der Waals surface area contributed by atoms with Gasteiger partial charge in [-0.15, -0.1) is 0 Å². The molecule has 0 aliphatic heterocycles. The number of hydrogen-bond acceptors (Lipinski definition) is 0. The lowest BCUT2D eigenvalue weighted by Gasteiger charge is -2.19. The maximum Gasteiger partial charge on any atom is -0.00203 e. The van der Waals surface area contributed by atoms with E-state index in [-0.39, 0.29) is 0 Å². The summed E-state index contributed by atoms with van der Waals surface area (Å²) in [7, 11) is 0. The van der Waals surface area contributed by atoms with E-state index in [1.807, 2.05) is 0 Å². The molecule has 0 saturated carbocycles. The largest absolute Gasteiger partial charge is 0.0622 e. The summed E-state index contributed by atoms with van der Waals surface area (Å²) in [5, 5.41) is 12.9. The summed E-state index contributed by atoms with van der Waals surface area (Å²) >= 11 is 0. The fraction of sp³-hybridized carbons (Fsp3) is 0. The van der Waals surface area contributed by atoms with Crippen LogP contribution >= 0.6 is 0 Å². The predicted molar refractivity (Wildman–Crippen MR) is 207 cm³/mol. The molecule has 0 aliphatic rings. The van der Waals surface area contributed by atoms with Crippen LogP contribution in [-0.2, 0) is 0 Å².